The number of guanidine groups is 1. The van der Waals surface area contributed by atoms with Crippen molar-refractivity contribution in [3.63, 3.8) is 0 Å². The van der Waals surface area contributed by atoms with Crippen LogP contribution in [0, 0.1) is 0 Å². The fraction of sp³-hybridized carbons (Fsp3) is 0.562. The molecule has 0 aromatic heterocycles. The average Bonchev–Trinajstić information content (AvgIpc) is 2.54. The van der Waals surface area contributed by atoms with Gasteiger partial charge in [0.15, 0.2) is 5.96 Å². The van der Waals surface area contributed by atoms with Gasteiger partial charge in [0.05, 0.1) is 6.61 Å². The van der Waals surface area contributed by atoms with E-state index in [9.17, 15) is 8.78 Å². The molecule has 0 unspecified atom stereocenters. The zero-order valence-electron chi connectivity index (χ0n) is 14.1. The van der Waals surface area contributed by atoms with E-state index in [-0.39, 0.29) is 29.7 Å². The van der Waals surface area contributed by atoms with Crippen LogP contribution < -0.4 is 15.4 Å². The zero-order chi connectivity index (χ0) is 16.9. The highest BCUT2D eigenvalue weighted by Crippen LogP contribution is 2.19. The molecule has 0 radical (unpaired) electrons. The highest BCUT2D eigenvalue weighted by atomic mass is 127. The molecule has 5 nitrogen and oxygen atoms in total. The lowest BCUT2D eigenvalue weighted by Gasteiger charge is -2.14. The molecular formula is C16H26F2IN3O2. The van der Waals surface area contributed by atoms with Crippen LogP contribution in [0.3, 0.4) is 0 Å². The maximum absolute atomic E-state index is 12.4. The first-order chi connectivity index (χ1) is 11.2. The number of alkyl halides is 2. The molecule has 0 heterocycles. The summed E-state index contributed by atoms with van der Waals surface area (Å²) >= 11 is 0. The number of hydrogen-bond acceptors (Lipinski definition) is 3. The minimum atomic E-state index is -2.84. The van der Waals surface area contributed by atoms with Crippen molar-refractivity contribution in [3.8, 4) is 5.75 Å². The maximum atomic E-state index is 12.4. The fourth-order valence-electron chi connectivity index (χ4n) is 1.85. The molecular weight excluding hydrogens is 431 g/mol. The number of halogens is 3. The Morgan fingerprint density at radius 1 is 1.21 bits per heavy atom. The van der Waals surface area contributed by atoms with Crippen molar-refractivity contribution in [2.45, 2.75) is 32.9 Å². The Balaban J connectivity index is 0.00000529. The highest BCUT2D eigenvalue weighted by Gasteiger charge is 2.09. The molecule has 0 spiro atoms. The van der Waals surface area contributed by atoms with Crippen molar-refractivity contribution in [2.75, 3.05) is 26.8 Å². The lowest BCUT2D eigenvalue weighted by molar-refractivity contribution is -0.0504. The van der Waals surface area contributed by atoms with Crippen LogP contribution in [-0.4, -0.2) is 39.4 Å². The first kappa shape index (κ1) is 22.8. The van der Waals surface area contributed by atoms with Crippen LogP contribution in [-0.2, 0) is 11.3 Å². The van der Waals surface area contributed by atoms with E-state index in [0.29, 0.717) is 31.2 Å². The van der Waals surface area contributed by atoms with Crippen LogP contribution in [0.15, 0.2) is 29.3 Å². The van der Waals surface area contributed by atoms with Crippen LogP contribution in [0.25, 0.3) is 0 Å². The molecule has 0 saturated heterocycles. The third kappa shape index (κ3) is 9.86. The molecule has 2 N–H and O–H groups in total. The minimum Gasteiger partial charge on any atom is -0.434 e. The molecule has 0 atom stereocenters. The zero-order valence-corrected chi connectivity index (χ0v) is 16.4. The molecule has 0 saturated carbocycles. The summed E-state index contributed by atoms with van der Waals surface area (Å²) in [6.07, 6.45) is 2.16. The summed E-state index contributed by atoms with van der Waals surface area (Å²) < 4.78 is 34.7. The maximum Gasteiger partial charge on any atom is 0.387 e. The van der Waals surface area contributed by atoms with Gasteiger partial charge in [-0.15, -0.1) is 24.0 Å². The van der Waals surface area contributed by atoms with Crippen molar-refractivity contribution in [1.82, 2.24) is 10.6 Å². The predicted molar refractivity (Wildman–Crippen MR) is 102 cm³/mol. The average molecular weight is 457 g/mol. The Morgan fingerprint density at radius 2 is 1.96 bits per heavy atom. The standard InChI is InChI=1S/C16H25F2N3O2.HI/c1-3-4-10-22-11-9-20-16(19-2)21-12-13-7-5-6-8-14(13)23-15(17)18;/h5-8,15H,3-4,9-12H2,1-2H3,(H2,19,20,21);1H. The summed E-state index contributed by atoms with van der Waals surface area (Å²) in [5.41, 5.74) is 0.634. The Kier molecular flexibility index (Phi) is 13.5. The second kappa shape index (κ2) is 14.2. The first-order valence-corrected chi connectivity index (χ1v) is 7.72. The SMILES string of the molecule is CCCCOCCNC(=NC)NCc1ccccc1OC(F)F.I. The Bertz CT molecular complexity index is 476. The number of unbranched alkanes of at least 4 members (excludes halogenated alkanes) is 1. The Morgan fingerprint density at radius 3 is 2.62 bits per heavy atom. The normalized spacial score (nSPS) is 11.1. The van der Waals surface area contributed by atoms with E-state index in [4.69, 9.17) is 4.74 Å². The van der Waals surface area contributed by atoms with Crippen LogP contribution in [0.1, 0.15) is 25.3 Å². The molecule has 1 aromatic carbocycles. The Labute approximate surface area is 159 Å². The molecule has 0 aliphatic rings. The monoisotopic (exact) mass is 457 g/mol. The fourth-order valence-corrected chi connectivity index (χ4v) is 1.85. The third-order valence-corrected chi connectivity index (χ3v) is 3.04. The van der Waals surface area contributed by atoms with Gasteiger partial charge in [-0.05, 0) is 12.5 Å². The van der Waals surface area contributed by atoms with Gasteiger partial charge in [0.2, 0.25) is 0 Å². The summed E-state index contributed by atoms with van der Waals surface area (Å²) in [6.45, 7) is 1.57. The van der Waals surface area contributed by atoms with Crippen molar-refractivity contribution >= 4 is 29.9 Å². The molecule has 1 aromatic rings. The summed E-state index contributed by atoms with van der Waals surface area (Å²) in [6, 6.07) is 6.67. The first-order valence-electron chi connectivity index (χ1n) is 7.72. The lowest BCUT2D eigenvalue weighted by Crippen LogP contribution is -2.38. The molecule has 24 heavy (non-hydrogen) atoms. The number of aliphatic imine (C=N–C) groups is 1. The number of rotatable bonds is 10. The number of benzene rings is 1. The summed E-state index contributed by atoms with van der Waals surface area (Å²) in [5.74, 6) is 0.740. The van der Waals surface area contributed by atoms with Crippen LogP contribution in [0.5, 0.6) is 5.75 Å². The van der Waals surface area contributed by atoms with E-state index in [1.165, 1.54) is 6.07 Å². The van der Waals surface area contributed by atoms with Gasteiger partial charge in [0, 0.05) is 32.3 Å². The number of ether oxygens (including phenoxy) is 2. The highest BCUT2D eigenvalue weighted by molar-refractivity contribution is 14.0. The molecule has 0 bridgehead atoms. The van der Waals surface area contributed by atoms with E-state index < -0.39 is 6.61 Å². The number of nitrogens with zero attached hydrogens (tertiary/aromatic N) is 1. The van der Waals surface area contributed by atoms with Gasteiger partial charge in [-0.2, -0.15) is 8.78 Å². The quantitative estimate of drug-likeness (QED) is 0.245. The van der Waals surface area contributed by atoms with Crippen LogP contribution in [0.4, 0.5) is 8.78 Å². The van der Waals surface area contributed by atoms with Crippen molar-refractivity contribution in [1.29, 1.82) is 0 Å². The molecule has 138 valence electrons. The topological polar surface area (TPSA) is 54.9 Å². The van der Waals surface area contributed by atoms with Crippen molar-refractivity contribution in [3.05, 3.63) is 29.8 Å². The van der Waals surface area contributed by atoms with Gasteiger partial charge < -0.3 is 20.1 Å². The van der Waals surface area contributed by atoms with Gasteiger partial charge in [0.1, 0.15) is 5.75 Å². The van der Waals surface area contributed by atoms with Gasteiger partial charge in [0.25, 0.3) is 0 Å². The van der Waals surface area contributed by atoms with Gasteiger partial charge in [-0.3, -0.25) is 4.99 Å². The van der Waals surface area contributed by atoms with Crippen molar-refractivity contribution < 1.29 is 18.3 Å². The molecule has 0 fully saturated rings. The number of para-hydroxylation sites is 1. The van der Waals surface area contributed by atoms with E-state index in [1.807, 2.05) is 0 Å². The predicted octanol–water partition coefficient (Wildman–Crippen LogP) is 3.39. The van der Waals surface area contributed by atoms with E-state index >= 15 is 0 Å². The van der Waals surface area contributed by atoms with Crippen LogP contribution >= 0.6 is 24.0 Å². The minimum absolute atomic E-state index is 0. The second-order valence-electron chi connectivity index (χ2n) is 4.80. The van der Waals surface area contributed by atoms with E-state index in [1.54, 1.807) is 25.2 Å². The van der Waals surface area contributed by atoms with E-state index in [0.717, 1.165) is 19.4 Å². The molecule has 8 heteroatoms. The number of nitrogens with one attached hydrogen (secondary N) is 2. The van der Waals surface area contributed by atoms with E-state index in [2.05, 4.69) is 27.3 Å². The number of hydrogen-bond donors (Lipinski definition) is 2. The molecule has 1 rings (SSSR count). The van der Waals surface area contributed by atoms with Crippen molar-refractivity contribution in [2.24, 2.45) is 4.99 Å². The summed E-state index contributed by atoms with van der Waals surface area (Å²) in [5, 5.41) is 6.16. The van der Waals surface area contributed by atoms with Gasteiger partial charge >= 0.3 is 6.61 Å². The van der Waals surface area contributed by atoms with Gasteiger partial charge in [-0.1, -0.05) is 31.5 Å². The van der Waals surface area contributed by atoms with Crippen LogP contribution in [0.2, 0.25) is 0 Å². The smallest absolute Gasteiger partial charge is 0.387 e. The molecule has 0 aliphatic carbocycles. The Hall–Kier alpha value is -1.16. The lowest BCUT2D eigenvalue weighted by atomic mass is 10.2. The second-order valence-corrected chi connectivity index (χ2v) is 4.80. The molecule has 0 aliphatic heterocycles. The summed E-state index contributed by atoms with van der Waals surface area (Å²) in [7, 11) is 1.65. The summed E-state index contributed by atoms with van der Waals surface area (Å²) in [4.78, 5) is 4.08. The largest absolute Gasteiger partial charge is 0.434 e. The third-order valence-electron chi connectivity index (χ3n) is 3.04. The van der Waals surface area contributed by atoms with Gasteiger partial charge in [-0.25, -0.2) is 0 Å². The molecule has 0 amide bonds.